The predicted molar refractivity (Wildman–Crippen MR) is 82.8 cm³/mol. The van der Waals surface area contributed by atoms with Crippen LogP contribution in [0.2, 0.25) is 0 Å². The Bertz CT molecular complexity index is 879. The minimum Gasteiger partial charge on any atom is -0.464 e. The number of esters is 2. The van der Waals surface area contributed by atoms with Crippen LogP contribution in [0.3, 0.4) is 0 Å². The normalized spacial score (nSPS) is 11.0. The third-order valence-corrected chi connectivity index (χ3v) is 3.29. The summed E-state index contributed by atoms with van der Waals surface area (Å²) in [4.78, 5) is 35.6. The van der Waals surface area contributed by atoms with E-state index in [-0.39, 0.29) is 0 Å². The molecular weight excluding hydrogens is 373 g/mol. The van der Waals surface area contributed by atoms with Gasteiger partial charge in [-0.3, -0.25) is 4.79 Å². The van der Waals surface area contributed by atoms with Crippen molar-refractivity contribution in [3.63, 3.8) is 0 Å². The number of anilines is 1. The van der Waals surface area contributed by atoms with Gasteiger partial charge in [-0.2, -0.15) is 13.2 Å². The second-order valence-corrected chi connectivity index (χ2v) is 5.02. The van der Waals surface area contributed by atoms with Gasteiger partial charge in [0.25, 0.3) is 0 Å². The van der Waals surface area contributed by atoms with Crippen molar-refractivity contribution in [2.75, 3.05) is 19.5 Å². The highest BCUT2D eigenvalue weighted by Gasteiger charge is 2.34. The summed E-state index contributed by atoms with van der Waals surface area (Å²) < 4.78 is 48.6. The lowest BCUT2D eigenvalue weighted by Gasteiger charge is -2.13. The summed E-state index contributed by atoms with van der Waals surface area (Å²) in [6.45, 7) is -0.694. The summed E-state index contributed by atoms with van der Waals surface area (Å²) in [7, 11) is 2.07. The third kappa shape index (κ3) is 4.40. The van der Waals surface area contributed by atoms with E-state index in [4.69, 9.17) is 0 Å². The lowest BCUT2D eigenvalue weighted by Crippen LogP contribution is -2.25. The molecule has 0 aliphatic rings. The molecule has 1 aromatic heterocycles. The van der Waals surface area contributed by atoms with Gasteiger partial charge in [0.2, 0.25) is 11.6 Å². The number of benzene rings is 1. The molecule has 0 spiro atoms. The van der Waals surface area contributed by atoms with Crippen molar-refractivity contribution in [3.8, 4) is 0 Å². The summed E-state index contributed by atoms with van der Waals surface area (Å²) >= 11 is 0. The third-order valence-electron chi connectivity index (χ3n) is 3.29. The number of methoxy groups -OCH3 is 2. The molecular formula is C15H13F3N4O5. The second kappa shape index (κ2) is 7.85. The number of hydrogen-bond acceptors (Lipinski definition) is 7. The van der Waals surface area contributed by atoms with E-state index in [1.807, 2.05) is 0 Å². The number of para-hydroxylation sites is 1. The molecule has 12 heteroatoms. The fourth-order valence-electron chi connectivity index (χ4n) is 2.12. The van der Waals surface area contributed by atoms with Crippen molar-refractivity contribution in [2.45, 2.75) is 12.7 Å². The zero-order valence-electron chi connectivity index (χ0n) is 14.0. The SMILES string of the molecule is COC(=O)c1nnn(CC(=O)Nc2ccccc2C(F)(F)F)c1C(=O)OC. The van der Waals surface area contributed by atoms with Crippen LogP contribution < -0.4 is 5.32 Å². The van der Waals surface area contributed by atoms with Gasteiger partial charge in [-0.15, -0.1) is 5.10 Å². The number of amides is 1. The molecule has 2 aromatic rings. The van der Waals surface area contributed by atoms with E-state index in [1.165, 1.54) is 12.1 Å². The zero-order chi connectivity index (χ0) is 20.2. The lowest BCUT2D eigenvalue weighted by atomic mass is 10.1. The van der Waals surface area contributed by atoms with Crippen LogP contribution in [0.15, 0.2) is 24.3 Å². The average Bonchev–Trinajstić information content (AvgIpc) is 3.03. The predicted octanol–water partition coefficient (Wildman–Crippen LogP) is 1.51. The van der Waals surface area contributed by atoms with Crippen LogP contribution in [-0.4, -0.2) is 47.1 Å². The van der Waals surface area contributed by atoms with Crippen LogP contribution in [0.4, 0.5) is 18.9 Å². The maximum atomic E-state index is 13.0. The van der Waals surface area contributed by atoms with E-state index < -0.39 is 53.2 Å². The average molecular weight is 386 g/mol. The van der Waals surface area contributed by atoms with Gasteiger partial charge in [-0.1, -0.05) is 17.3 Å². The molecule has 27 heavy (non-hydrogen) atoms. The van der Waals surface area contributed by atoms with Crippen LogP contribution in [0.1, 0.15) is 26.5 Å². The molecule has 0 unspecified atom stereocenters. The Hall–Kier alpha value is -3.44. The van der Waals surface area contributed by atoms with Crippen molar-refractivity contribution < 1.29 is 37.0 Å². The molecule has 0 aliphatic heterocycles. The molecule has 1 aromatic carbocycles. The highest BCUT2D eigenvalue weighted by Crippen LogP contribution is 2.34. The molecule has 0 atom stereocenters. The van der Waals surface area contributed by atoms with Crippen molar-refractivity contribution in [2.24, 2.45) is 0 Å². The Morgan fingerprint density at radius 1 is 1.11 bits per heavy atom. The fourth-order valence-corrected chi connectivity index (χ4v) is 2.12. The minimum atomic E-state index is -4.67. The molecule has 1 N–H and O–H groups in total. The molecule has 144 valence electrons. The molecule has 0 saturated heterocycles. The number of aromatic nitrogens is 3. The minimum absolute atomic E-state index is 0.469. The van der Waals surface area contributed by atoms with E-state index >= 15 is 0 Å². The van der Waals surface area contributed by atoms with Crippen molar-refractivity contribution >= 4 is 23.5 Å². The molecule has 0 radical (unpaired) electrons. The molecule has 0 fully saturated rings. The maximum absolute atomic E-state index is 13.0. The Labute approximate surface area is 150 Å². The number of halogens is 3. The van der Waals surface area contributed by atoms with Gasteiger partial charge in [0.05, 0.1) is 25.5 Å². The van der Waals surface area contributed by atoms with E-state index in [9.17, 15) is 27.6 Å². The number of alkyl halides is 3. The van der Waals surface area contributed by atoms with Crippen molar-refractivity contribution in [3.05, 3.63) is 41.2 Å². The molecule has 9 nitrogen and oxygen atoms in total. The van der Waals surface area contributed by atoms with Gasteiger partial charge in [0, 0.05) is 0 Å². The lowest BCUT2D eigenvalue weighted by molar-refractivity contribution is -0.137. The van der Waals surface area contributed by atoms with Gasteiger partial charge in [-0.25, -0.2) is 14.3 Å². The summed E-state index contributed by atoms with van der Waals surface area (Å²) in [5.74, 6) is -2.95. The number of carbonyl (C=O) groups is 3. The Kier molecular flexibility index (Phi) is 5.78. The first kappa shape index (κ1) is 19.9. The van der Waals surface area contributed by atoms with Crippen LogP contribution in [0.25, 0.3) is 0 Å². The largest absolute Gasteiger partial charge is 0.464 e. The Morgan fingerprint density at radius 2 is 1.74 bits per heavy atom. The maximum Gasteiger partial charge on any atom is 0.418 e. The first-order chi connectivity index (χ1) is 12.7. The standard InChI is InChI=1S/C15H13F3N4O5/c1-26-13(24)11-12(14(25)27-2)22(21-20-11)7-10(23)19-9-6-4-3-5-8(9)15(16,17)18/h3-6H,7H2,1-2H3,(H,19,23). The first-order valence-electron chi connectivity index (χ1n) is 7.25. The Balaban J connectivity index is 2.29. The number of rotatable bonds is 5. The van der Waals surface area contributed by atoms with Gasteiger partial charge in [0.15, 0.2) is 5.69 Å². The Morgan fingerprint density at radius 3 is 2.33 bits per heavy atom. The topological polar surface area (TPSA) is 112 Å². The van der Waals surface area contributed by atoms with E-state index in [0.29, 0.717) is 0 Å². The smallest absolute Gasteiger partial charge is 0.418 e. The fraction of sp³-hybridized carbons (Fsp3) is 0.267. The number of hydrogen-bond donors (Lipinski definition) is 1. The van der Waals surface area contributed by atoms with E-state index in [0.717, 1.165) is 31.0 Å². The van der Waals surface area contributed by atoms with Crippen LogP contribution in [0.5, 0.6) is 0 Å². The quantitative estimate of drug-likeness (QED) is 0.775. The zero-order valence-corrected chi connectivity index (χ0v) is 14.0. The number of carbonyl (C=O) groups excluding carboxylic acids is 3. The molecule has 2 rings (SSSR count). The number of ether oxygens (including phenoxy) is 2. The molecule has 0 saturated carbocycles. The van der Waals surface area contributed by atoms with E-state index in [1.54, 1.807) is 0 Å². The summed E-state index contributed by atoms with van der Waals surface area (Å²) in [6, 6.07) is 4.37. The highest BCUT2D eigenvalue weighted by atomic mass is 19.4. The first-order valence-corrected chi connectivity index (χ1v) is 7.25. The van der Waals surface area contributed by atoms with Gasteiger partial charge in [0.1, 0.15) is 6.54 Å². The number of nitrogens with zero attached hydrogens (tertiary/aromatic N) is 3. The van der Waals surface area contributed by atoms with Gasteiger partial charge in [-0.05, 0) is 12.1 Å². The molecule has 0 aliphatic carbocycles. The molecule has 1 amide bonds. The second-order valence-electron chi connectivity index (χ2n) is 5.02. The van der Waals surface area contributed by atoms with Crippen LogP contribution in [-0.2, 0) is 27.0 Å². The summed E-state index contributed by atoms with van der Waals surface area (Å²) in [5, 5.41) is 9.03. The van der Waals surface area contributed by atoms with Gasteiger partial charge < -0.3 is 14.8 Å². The summed E-state index contributed by atoms with van der Waals surface area (Å²) in [6.07, 6.45) is -4.67. The van der Waals surface area contributed by atoms with E-state index in [2.05, 4.69) is 25.1 Å². The number of nitrogens with one attached hydrogen (secondary N) is 1. The van der Waals surface area contributed by atoms with Crippen LogP contribution >= 0.6 is 0 Å². The highest BCUT2D eigenvalue weighted by molar-refractivity contribution is 6.01. The van der Waals surface area contributed by atoms with Gasteiger partial charge >= 0.3 is 18.1 Å². The summed E-state index contributed by atoms with van der Waals surface area (Å²) in [5.41, 5.74) is -2.47. The van der Waals surface area contributed by atoms with Crippen LogP contribution in [0, 0.1) is 0 Å². The van der Waals surface area contributed by atoms with Crippen molar-refractivity contribution in [1.82, 2.24) is 15.0 Å². The van der Waals surface area contributed by atoms with Crippen molar-refractivity contribution in [1.29, 1.82) is 0 Å². The monoisotopic (exact) mass is 386 g/mol. The molecule has 0 bridgehead atoms. The molecule has 1 heterocycles.